The number of benzene rings is 1. The van der Waals surface area contributed by atoms with E-state index in [-0.39, 0.29) is 11.9 Å². The average molecular weight is 365 g/mol. The summed E-state index contributed by atoms with van der Waals surface area (Å²) in [7, 11) is 1.62. The number of hydrogen-bond donors (Lipinski definition) is 2. The van der Waals surface area contributed by atoms with Crippen LogP contribution < -0.4 is 20.1 Å². The lowest BCUT2D eigenvalue weighted by Gasteiger charge is -2.23. The molecule has 146 valence electrons. The summed E-state index contributed by atoms with van der Waals surface area (Å²) < 4.78 is 16.6. The summed E-state index contributed by atoms with van der Waals surface area (Å²) in [5.41, 5.74) is 0.961. The zero-order valence-electron chi connectivity index (χ0n) is 16.0. The second kappa shape index (κ2) is 11.0. The first-order valence-electron chi connectivity index (χ1n) is 9.28. The summed E-state index contributed by atoms with van der Waals surface area (Å²) in [6, 6.07) is 5.45. The lowest BCUT2D eigenvalue weighted by atomic mass is 10.2. The number of nitrogens with zero attached hydrogens (tertiary/aromatic N) is 1. The molecule has 0 aliphatic carbocycles. The third kappa shape index (κ3) is 6.16. The molecular formula is C19H31N3O4. The number of carbonyl (C=O) groups excluding carboxylic acids is 1. The topological polar surface area (TPSA) is 72.1 Å². The summed E-state index contributed by atoms with van der Waals surface area (Å²) in [5, 5.41) is 6.07. The van der Waals surface area contributed by atoms with Crippen LogP contribution in [0.5, 0.6) is 11.5 Å². The van der Waals surface area contributed by atoms with Gasteiger partial charge in [0.2, 0.25) is 5.91 Å². The number of amides is 1. The Balaban J connectivity index is 1.85. The van der Waals surface area contributed by atoms with E-state index in [0.29, 0.717) is 38.7 Å². The van der Waals surface area contributed by atoms with Crippen LogP contribution in [0.25, 0.3) is 0 Å². The van der Waals surface area contributed by atoms with Gasteiger partial charge in [-0.2, -0.15) is 0 Å². The number of hydrogen-bond acceptors (Lipinski definition) is 6. The van der Waals surface area contributed by atoms with Crippen molar-refractivity contribution < 1.29 is 19.0 Å². The highest BCUT2D eigenvalue weighted by molar-refractivity contribution is 5.82. The van der Waals surface area contributed by atoms with Crippen molar-refractivity contribution in [3.8, 4) is 11.5 Å². The predicted molar refractivity (Wildman–Crippen MR) is 101 cm³/mol. The van der Waals surface area contributed by atoms with Crippen molar-refractivity contribution in [1.82, 2.24) is 15.5 Å². The van der Waals surface area contributed by atoms with E-state index < -0.39 is 0 Å². The molecule has 1 heterocycles. The van der Waals surface area contributed by atoms with Crippen molar-refractivity contribution in [2.75, 3.05) is 53.1 Å². The Morgan fingerprint density at radius 2 is 2.15 bits per heavy atom. The number of nitrogens with one attached hydrogen (secondary N) is 2. The number of likely N-dealkylation sites (N-methyl/N-ethyl adjacent to an activating group) is 1. The Morgan fingerprint density at radius 3 is 2.81 bits per heavy atom. The lowest BCUT2D eigenvalue weighted by molar-refractivity contribution is -0.126. The second-order valence-corrected chi connectivity index (χ2v) is 6.16. The molecule has 26 heavy (non-hydrogen) atoms. The van der Waals surface area contributed by atoms with Gasteiger partial charge in [-0.25, -0.2) is 0 Å². The van der Waals surface area contributed by atoms with Gasteiger partial charge in [0.1, 0.15) is 12.6 Å². The van der Waals surface area contributed by atoms with Crippen molar-refractivity contribution in [2.24, 2.45) is 0 Å². The molecule has 2 rings (SSSR count). The lowest BCUT2D eigenvalue weighted by Crippen LogP contribution is -2.51. The SMILES string of the molecule is CCN(CC)CCOc1ccc(CNC(=O)C2COCCN2)cc1OC. The number of morpholine rings is 1. The first-order valence-corrected chi connectivity index (χ1v) is 9.28. The van der Waals surface area contributed by atoms with Crippen molar-refractivity contribution in [3.05, 3.63) is 23.8 Å². The van der Waals surface area contributed by atoms with Crippen LogP contribution in [0.3, 0.4) is 0 Å². The molecule has 0 radical (unpaired) electrons. The highest BCUT2D eigenvalue weighted by atomic mass is 16.5. The van der Waals surface area contributed by atoms with E-state index in [1.165, 1.54) is 0 Å². The van der Waals surface area contributed by atoms with E-state index in [9.17, 15) is 4.79 Å². The Labute approximate surface area is 156 Å². The molecule has 7 nitrogen and oxygen atoms in total. The Hall–Kier alpha value is -1.83. The standard InChI is InChI=1S/C19H31N3O4/c1-4-22(5-2)9-11-26-17-7-6-15(12-18(17)24-3)13-21-19(23)16-14-25-10-8-20-16/h6-7,12,16,20H,4-5,8-11,13-14H2,1-3H3,(H,21,23). The monoisotopic (exact) mass is 365 g/mol. The molecule has 1 amide bonds. The molecule has 0 bridgehead atoms. The molecule has 1 aliphatic heterocycles. The highest BCUT2D eigenvalue weighted by Crippen LogP contribution is 2.28. The Bertz CT molecular complexity index is 558. The summed E-state index contributed by atoms with van der Waals surface area (Å²) in [6.45, 7) is 9.99. The number of carbonyl (C=O) groups is 1. The van der Waals surface area contributed by atoms with Gasteiger partial charge in [0.25, 0.3) is 0 Å². The maximum Gasteiger partial charge on any atom is 0.239 e. The smallest absolute Gasteiger partial charge is 0.239 e. The molecular weight excluding hydrogens is 334 g/mol. The molecule has 0 aromatic heterocycles. The first-order chi connectivity index (χ1) is 12.7. The molecule has 1 aliphatic rings. The number of methoxy groups -OCH3 is 1. The van der Waals surface area contributed by atoms with Gasteiger partial charge in [0.05, 0.1) is 20.3 Å². The minimum absolute atomic E-state index is 0.0526. The van der Waals surface area contributed by atoms with Gasteiger partial charge in [-0.3, -0.25) is 4.79 Å². The summed E-state index contributed by atoms with van der Waals surface area (Å²) in [5.74, 6) is 1.34. The van der Waals surface area contributed by atoms with Crippen molar-refractivity contribution in [2.45, 2.75) is 26.4 Å². The third-order valence-electron chi connectivity index (χ3n) is 4.49. The molecule has 1 aromatic carbocycles. The van der Waals surface area contributed by atoms with E-state index in [2.05, 4.69) is 29.4 Å². The van der Waals surface area contributed by atoms with E-state index in [4.69, 9.17) is 14.2 Å². The van der Waals surface area contributed by atoms with Crippen LogP contribution in [0.1, 0.15) is 19.4 Å². The van der Waals surface area contributed by atoms with Crippen molar-refractivity contribution in [3.63, 3.8) is 0 Å². The van der Waals surface area contributed by atoms with Crippen LogP contribution in [0.2, 0.25) is 0 Å². The molecule has 1 saturated heterocycles. The fourth-order valence-electron chi connectivity index (χ4n) is 2.81. The largest absolute Gasteiger partial charge is 0.493 e. The zero-order chi connectivity index (χ0) is 18.8. The maximum atomic E-state index is 12.1. The molecule has 7 heteroatoms. The van der Waals surface area contributed by atoms with Crippen LogP contribution in [0.15, 0.2) is 18.2 Å². The van der Waals surface area contributed by atoms with E-state index in [1.807, 2.05) is 18.2 Å². The first kappa shape index (κ1) is 20.5. The Morgan fingerprint density at radius 1 is 1.35 bits per heavy atom. The van der Waals surface area contributed by atoms with Gasteiger partial charge in [-0.15, -0.1) is 0 Å². The van der Waals surface area contributed by atoms with E-state index in [0.717, 1.165) is 30.9 Å². The van der Waals surface area contributed by atoms with Crippen molar-refractivity contribution in [1.29, 1.82) is 0 Å². The molecule has 2 N–H and O–H groups in total. The second-order valence-electron chi connectivity index (χ2n) is 6.16. The van der Waals surface area contributed by atoms with Gasteiger partial charge < -0.3 is 29.7 Å². The van der Waals surface area contributed by atoms with Crippen LogP contribution in [0, 0.1) is 0 Å². The van der Waals surface area contributed by atoms with E-state index >= 15 is 0 Å². The quantitative estimate of drug-likeness (QED) is 0.645. The zero-order valence-corrected chi connectivity index (χ0v) is 16.0. The highest BCUT2D eigenvalue weighted by Gasteiger charge is 2.20. The van der Waals surface area contributed by atoms with Crippen LogP contribution >= 0.6 is 0 Å². The van der Waals surface area contributed by atoms with Gasteiger partial charge >= 0.3 is 0 Å². The number of ether oxygens (including phenoxy) is 3. The van der Waals surface area contributed by atoms with Crippen LogP contribution in [0.4, 0.5) is 0 Å². The maximum absolute atomic E-state index is 12.1. The normalized spacial score (nSPS) is 17.2. The van der Waals surface area contributed by atoms with E-state index in [1.54, 1.807) is 7.11 Å². The average Bonchev–Trinajstić information content (AvgIpc) is 2.70. The Kier molecular flexibility index (Phi) is 8.67. The minimum Gasteiger partial charge on any atom is -0.493 e. The number of rotatable bonds is 10. The summed E-state index contributed by atoms with van der Waals surface area (Å²) in [6.07, 6.45) is 0. The molecule has 1 unspecified atom stereocenters. The molecule has 0 spiro atoms. The summed E-state index contributed by atoms with van der Waals surface area (Å²) >= 11 is 0. The fourth-order valence-corrected chi connectivity index (χ4v) is 2.81. The molecule has 1 fully saturated rings. The third-order valence-corrected chi connectivity index (χ3v) is 4.49. The van der Waals surface area contributed by atoms with Crippen molar-refractivity contribution >= 4 is 5.91 Å². The van der Waals surface area contributed by atoms with Gasteiger partial charge in [-0.1, -0.05) is 19.9 Å². The molecule has 1 atom stereocenters. The van der Waals surface area contributed by atoms with Gasteiger partial charge in [-0.05, 0) is 30.8 Å². The summed E-state index contributed by atoms with van der Waals surface area (Å²) in [4.78, 5) is 14.4. The predicted octanol–water partition coefficient (Wildman–Crippen LogP) is 1.02. The minimum atomic E-state index is -0.284. The molecule has 0 saturated carbocycles. The van der Waals surface area contributed by atoms with Crippen LogP contribution in [-0.4, -0.2) is 70.0 Å². The molecule has 1 aromatic rings. The fraction of sp³-hybridized carbons (Fsp3) is 0.632. The van der Waals surface area contributed by atoms with Gasteiger partial charge in [0.15, 0.2) is 11.5 Å². The van der Waals surface area contributed by atoms with Gasteiger partial charge in [0, 0.05) is 19.6 Å². The van der Waals surface area contributed by atoms with Crippen LogP contribution in [-0.2, 0) is 16.1 Å².